The maximum absolute atomic E-state index is 11.7. The summed E-state index contributed by atoms with van der Waals surface area (Å²) in [7, 11) is 0. The van der Waals surface area contributed by atoms with Gasteiger partial charge in [0.25, 0.3) is 11.6 Å². The fourth-order valence-electron chi connectivity index (χ4n) is 1.17. The second-order valence-electron chi connectivity index (χ2n) is 3.69. The topological polar surface area (TPSA) is 72.2 Å². The predicted octanol–water partition coefficient (Wildman–Crippen LogP) is 3.21. The van der Waals surface area contributed by atoms with Crippen LogP contribution < -0.4 is 5.32 Å². The van der Waals surface area contributed by atoms with Gasteiger partial charge < -0.3 is 5.32 Å². The van der Waals surface area contributed by atoms with E-state index in [1.165, 1.54) is 6.07 Å². The Morgan fingerprint density at radius 1 is 1.50 bits per heavy atom. The molecule has 0 unspecified atom stereocenters. The van der Waals surface area contributed by atoms with E-state index >= 15 is 0 Å². The smallest absolute Gasteiger partial charge is 0.290 e. The van der Waals surface area contributed by atoms with Crippen molar-refractivity contribution in [1.82, 2.24) is 5.32 Å². The second kappa shape index (κ2) is 5.84. The summed E-state index contributed by atoms with van der Waals surface area (Å²) in [5.74, 6) is -0.473. The van der Waals surface area contributed by atoms with E-state index in [9.17, 15) is 14.9 Å². The lowest BCUT2D eigenvalue weighted by Gasteiger charge is -2.06. The number of hydrogen-bond donors (Lipinski definition) is 1. The third-order valence-electron chi connectivity index (χ3n) is 2.02. The number of carbonyl (C=O) groups excluding carboxylic acids is 1. The number of rotatable bonds is 4. The van der Waals surface area contributed by atoms with Gasteiger partial charge in [-0.05, 0) is 13.0 Å². The molecule has 0 bridgehead atoms. The van der Waals surface area contributed by atoms with Gasteiger partial charge in [-0.2, -0.15) is 0 Å². The van der Waals surface area contributed by atoms with Crippen LogP contribution in [0.5, 0.6) is 0 Å². The molecule has 96 valence electrons. The van der Waals surface area contributed by atoms with Crippen molar-refractivity contribution < 1.29 is 9.72 Å². The van der Waals surface area contributed by atoms with Crippen LogP contribution in [-0.4, -0.2) is 17.4 Å². The van der Waals surface area contributed by atoms with Crippen molar-refractivity contribution >= 4 is 34.8 Å². The summed E-state index contributed by atoms with van der Waals surface area (Å²) >= 11 is 11.4. The Morgan fingerprint density at radius 3 is 2.61 bits per heavy atom. The molecule has 18 heavy (non-hydrogen) atoms. The minimum absolute atomic E-state index is 0.0358. The monoisotopic (exact) mass is 288 g/mol. The molecule has 0 aliphatic heterocycles. The Hall–Kier alpha value is -1.59. The lowest BCUT2D eigenvalue weighted by Crippen LogP contribution is -2.24. The van der Waals surface area contributed by atoms with E-state index in [2.05, 4.69) is 11.9 Å². The maximum atomic E-state index is 11.7. The number of nitrogens with zero attached hydrogens (tertiary/aromatic N) is 1. The molecule has 0 atom stereocenters. The van der Waals surface area contributed by atoms with Crippen LogP contribution in [0, 0.1) is 10.1 Å². The zero-order chi connectivity index (χ0) is 13.9. The summed E-state index contributed by atoms with van der Waals surface area (Å²) in [6.07, 6.45) is 0. The van der Waals surface area contributed by atoms with E-state index < -0.39 is 16.5 Å². The summed E-state index contributed by atoms with van der Waals surface area (Å²) in [5, 5.41) is 13.1. The third-order valence-corrected chi connectivity index (χ3v) is 2.81. The molecule has 0 fully saturated rings. The Kier molecular flexibility index (Phi) is 4.69. The molecule has 1 rings (SSSR count). The molecule has 0 heterocycles. The first-order chi connectivity index (χ1) is 8.32. The summed E-state index contributed by atoms with van der Waals surface area (Å²) in [5.41, 5.74) is 0.444. The number of nitrogens with one attached hydrogen (secondary N) is 1. The van der Waals surface area contributed by atoms with Crippen LogP contribution in [0.1, 0.15) is 17.3 Å². The molecule has 1 amide bonds. The van der Waals surface area contributed by atoms with Crippen LogP contribution in [0.25, 0.3) is 0 Å². The molecule has 0 aliphatic carbocycles. The van der Waals surface area contributed by atoms with Gasteiger partial charge in [0.1, 0.15) is 5.02 Å². The van der Waals surface area contributed by atoms with Crippen LogP contribution in [-0.2, 0) is 0 Å². The van der Waals surface area contributed by atoms with Gasteiger partial charge in [-0.15, -0.1) is 0 Å². The third kappa shape index (κ3) is 3.45. The molecule has 1 aromatic rings. The quantitative estimate of drug-likeness (QED) is 0.525. The number of halogens is 2. The van der Waals surface area contributed by atoms with Gasteiger partial charge in [-0.25, -0.2) is 0 Å². The first-order valence-electron chi connectivity index (χ1n) is 4.89. The summed E-state index contributed by atoms with van der Waals surface area (Å²) < 4.78 is 0. The Bertz CT molecular complexity index is 529. The van der Waals surface area contributed by atoms with E-state index in [0.29, 0.717) is 0 Å². The molecule has 0 saturated carbocycles. The number of nitro benzene ring substituents is 1. The molecule has 0 spiro atoms. The average Bonchev–Trinajstić information content (AvgIpc) is 2.28. The Labute approximate surface area is 114 Å². The van der Waals surface area contributed by atoms with Crippen LogP contribution >= 0.6 is 23.2 Å². The number of hydrogen-bond acceptors (Lipinski definition) is 3. The molecular formula is C11H10Cl2N2O3. The van der Waals surface area contributed by atoms with Crippen molar-refractivity contribution in [3.8, 4) is 0 Å². The highest BCUT2D eigenvalue weighted by molar-refractivity contribution is 6.43. The summed E-state index contributed by atoms with van der Waals surface area (Å²) in [6.45, 7) is 5.66. The molecule has 1 aromatic carbocycles. The molecular weight excluding hydrogens is 279 g/mol. The molecule has 0 aromatic heterocycles. The zero-order valence-corrected chi connectivity index (χ0v) is 11.0. The standard InChI is InChI=1S/C11H10Cl2N2O3/c1-6(2)5-14-11(16)7-3-8(12)10(13)9(4-7)15(17)18/h3-4H,1,5H2,2H3,(H,14,16). The van der Waals surface area contributed by atoms with Gasteiger partial charge in [0.2, 0.25) is 0 Å². The van der Waals surface area contributed by atoms with Crippen molar-refractivity contribution in [1.29, 1.82) is 0 Å². The van der Waals surface area contributed by atoms with Crippen LogP contribution in [0.3, 0.4) is 0 Å². The minimum atomic E-state index is -0.691. The van der Waals surface area contributed by atoms with E-state index in [4.69, 9.17) is 23.2 Å². The lowest BCUT2D eigenvalue weighted by molar-refractivity contribution is -0.384. The SMILES string of the molecule is C=C(C)CNC(=O)c1cc(Cl)c(Cl)c([N+](=O)[O-])c1. The molecule has 5 nitrogen and oxygen atoms in total. The molecule has 0 radical (unpaired) electrons. The fourth-order valence-corrected chi connectivity index (χ4v) is 1.56. The highest BCUT2D eigenvalue weighted by Gasteiger charge is 2.19. The number of amides is 1. The van der Waals surface area contributed by atoms with Gasteiger partial charge in [0, 0.05) is 18.2 Å². The van der Waals surface area contributed by atoms with E-state index in [0.717, 1.165) is 11.6 Å². The van der Waals surface area contributed by atoms with E-state index in [1.807, 2.05) is 0 Å². The van der Waals surface area contributed by atoms with E-state index in [-0.39, 0.29) is 22.2 Å². The van der Waals surface area contributed by atoms with Gasteiger partial charge >= 0.3 is 0 Å². The largest absolute Gasteiger partial charge is 0.348 e. The van der Waals surface area contributed by atoms with Gasteiger partial charge in [-0.1, -0.05) is 35.4 Å². The Balaban J connectivity index is 3.07. The van der Waals surface area contributed by atoms with Crippen molar-refractivity contribution in [2.24, 2.45) is 0 Å². The van der Waals surface area contributed by atoms with Crippen LogP contribution in [0.15, 0.2) is 24.3 Å². The van der Waals surface area contributed by atoms with Crippen molar-refractivity contribution in [3.63, 3.8) is 0 Å². The van der Waals surface area contributed by atoms with Gasteiger partial charge in [0.15, 0.2) is 0 Å². The molecule has 0 saturated heterocycles. The van der Waals surface area contributed by atoms with Crippen LogP contribution in [0.4, 0.5) is 5.69 Å². The molecule has 7 heteroatoms. The van der Waals surface area contributed by atoms with Crippen molar-refractivity contribution in [2.75, 3.05) is 6.54 Å². The highest BCUT2D eigenvalue weighted by Crippen LogP contribution is 2.32. The maximum Gasteiger partial charge on any atom is 0.290 e. The summed E-state index contributed by atoms with van der Waals surface area (Å²) in [4.78, 5) is 21.8. The number of nitro groups is 1. The minimum Gasteiger partial charge on any atom is -0.348 e. The summed E-state index contributed by atoms with van der Waals surface area (Å²) in [6, 6.07) is 2.37. The van der Waals surface area contributed by atoms with Crippen LogP contribution in [0.2, 0.25) is 10.0 Å². The second-order valence-corrected chi connectivity index (χ2v) is 4.47. The van der Waals surface area contributed by atoms with E-state index in [1.54, 1.807) is 6.92 Å². The Morgan fingerprint density at radius 2 is 2.11 bits per heavy atom. The first-order valence-corrected chi connectivity index (χ1v) is 5.64. The number of carbonyl (C=O) groups is 1. The first kappa shape index (κ1) is 14.5. The van der Waals surface area contributed by atoms with Gasteiger partial charge in [0.05, 0.1) is 9.95 Å². The molecule has 0 aliphatic rings. The number of benzene rings is 1. The van der Waals surface area contributed by atoms with Crippen molar-refractivity contribution in [3.05, 3.63) is 50.0 Å². The highest BCUT2D eigenvalue weighted by atomic mass is 35.5. The predicted molar refractivity (Wildman–Crippen MR) is 70.3 cm³/mol. The average molecular weight is 289 g/mol. The van der Waals surface area contributed by atoms with Gasteiger partial charge in [-0.3, -0.25) is 14.9 Å². The molecule has 1 N–H and O–H groups in total. The normalized spacial score (nSPS) is 9.94. The van der Waals surface area contributed by atoms with Crippen molar-refractivity contribution in [2.45, 2.75) is 6.92 Å². The fraction of sp³-hybridized carbons (Fsp3) is 0.182. The lowest BCUT2D eigenvalue weighted by atomic mass is 10.2. The zero-order valence-electron chi connectivity index (χ0n) is 9.50.